The van der Waals surface area contributed by atoms with Gasteiger partial charge in [-0.05, 0) is 25.8 Å². The van der Waals surface area contributed by atoms with Crippen LogP contribution in [0.1, 0.15) is 30.1 Å². The fourth-order valence-electron chi connectivity index (χ4n) is 2.96. The van der Waals surface area contributed by atoms with Crippen molar-refractivity contribution in [3.63, 3.8) is 0 Å². The molecule has 1 aliphatic heterocycles. The molecule has 3 rings (SSSR count). The molecule has 2 heterocycles. The minimum atomic E-state index is -0.222. The number of nitrogens with one attached hydrogen (secondary N) is 1. The maximum atomic E-state index is 12.7. The highest BCUT2D eigenvalue weighted by atomic mass is 16.5. The third-order valence-corrected chi connectivity index (χ3v) is 4.26. The van der Waals surface area contributed by atoms with E-state index in [-0.39, 0.29) is 11.5 Å². The molecule has 1 amide bonds. The van der Waals surface area contributed by atoms with Gasteiger partial charge in [-0.15, -0.1) is 0 Å². The van der Waals surface area contributed by atoms with Crippen LogP contribution in [0.4, 0.5) is 0 Å². The summed E-state index contributed by atoms with van der Waals surface area (Å²) in [6.07, 6.45) is 3.80. The van der Waals surface area contributed by atoms with Crippen LogP contribution in [0.5, 0.6) is 0 Å². The highest BCUT2D eigenvalue weighted by Crippen LogP contribution is 2.26. The van der Waals surface area contributed by atoms with Crippen LogP contribution in [0.2, 0.25) is 0 Å². The summed E-state index contributed by atoms with van der Waals surface area (Å²) >= 11 is 0. The number of aromatic nitrogens is 1. The van der Waals surface area contributed by atoms with E-state index in [4.69, 9.17) is 4.74 Å². The number of para-hydroxylation sites is 1. The van der Waals surface area contributed by atoms with Crippen LogP contribution >= 0.6 is 0 Å². The number of rotatable bonds is 2. The van der Waals surface area contributed by atoms with Crippen LogP contribution in [0.25, 0.3) is 10.9 Å². The van der Waals surface area contributed by atoms with E-state index >= 15 is 0 Å². The first-order chi connectivity index (χ1) is 9.63. The molecule has 1 atom stereocenters. The number of hydrogen-bond acceptors (Lipinski definition) is 2. The summed E-state index contributed by atoms with van der Waals surface area (Å²) < 4.78 is 5.56. The van der Waals surface area contributed by atoms with Gasteiger partial charge >= 0.3 is 0 Å². The zero-order chi connectivity index (χ0) is 14.2. The summed E-state index contributed by atoms with van der Waals surface area (Å²) in [5, 5.41) is 0.988. The predicted octanol–water partition coefficient (Wildman–Crippen LogP) is 2.81. The molecule has 4 heteroatoms. The van der Waals surface area contributed by atoms with Crippen LogP contribution in [0.3, 0.4) is 0 Å². The van der Waals surface area contributed by atoms with E-state index in [1.807, 2.05) is 35.4 Å². The number of hydrogen-bond donors (Lipinski definition) is 1. The Morgan fingerprint density at radius 2 is 2.20 bits per heavy atom. The van der Waals surface area contributed by atoms with Gasteiger partial charge in [-0.25, -0.2) is 0 Å². The second-order valence-electron chi connectivity index (χ2n) is 5.73. The van der Waals surface area contributed by atoms with Crippen LogP contribution < -0.4 is 0 Å². The molecule has 106 valence electrons. The number of piperidine rings is 1. The van der Waals surface area contributed by atoms with Crippen LogP contribution in [0.15, 0.2) is 30.5 Å². The lowest BCUT2D eigenvalue weighted by Crippen LogP contribution is -2.49. The first-order valence-electron chi connectivity index (χ1n) is 7.03. The van der Waals surface area contributed by atoms with Gasteiger partial charge in [0.05, 0.1) is 11.2 Å². The lowest BCUT2D eigenvalue weighted by molar-refractivity contribution is -0.0439. The fraction of sp³-hybridized carbons (Fsp3) is 0.438. The minimum absolute atomic E-state index is 0.0884. The molecule has 0 spiro atoms. The first-order valence-corrected chi connectivity index (χ1v) is 7.03. The third-order valence-electron chi connectivity index (χ3n) is 4.26. The first kappa shape index (κ1) is 13.2. The average molecular weight is 272 g/mol. The van der Waals surface area contributed by atoms with Crippen molar-refractivity contribution in [2.75, 3.05) is 20.2 Å². The van der Waals surface area contributed by atoms with Crippen molar-refractivity contribution in [2.24, 2.45) is 0 Å². The molecule has 1 aliphatic rings. The molecule has 1 fully saturated rings. The van der Waals surface area contributed by atoms with E-state index in [1.165, 1.54) is 0 Å². The number of carbonyl (C=O) groups is 1. The van der Waals surface area contributed by atoms with E-state index in [0.717, 1.165) is 35.9 Å². The number of nitrogens with zero attached hydrogens (tertiary/aromatic N) is 1. The molecule has 20 heavy (non-hydrogen) atoms. The number of benzene rings is 1. The number of amides is 1. The number of carbonyl (C=O) groups excluding carboxylic acids is 1. The summed E-state index contributed by atoms with van der Waals surface area (Å²) in [6, 6.07) is 7.90. The van der Waals surface area contributed by atoms with Gasteiger partial charge in [-0.3, -0.25) is 4.79 Å². The Morgan fingerprint density at radius 1 is 1.40 bits per heavy atom. The Hall–Kier alpha value is -1.81. The maximum Gasteiger partial charge on any atom is 0.256 e. The van der Waals surface area contributed by atoms with Crippen molar-refractivity contribution in [3.05, 3.63) is 36.0 Å². The molecule has 1 unspecified atom stereocenters. The summed E-state index contributed by atoms with van der Waals surface area (Å²) in [6.45, 7) is 3.53. The Balaban J connectivity index is 1.89. The summed E-state index contributed by atoms with van der Waals surface area (Å²) in [7, 11) is 1.72. The van der Waals surface area contributed by atoms with Crippen molar-refractivity contribution in [2.45, 2.75) is 25.4 Å². The number of methoxy groups -OCH3 is 1. The van der Waals surface area contributed by atoms with Gasteiger partial charge in [-0.2, -0.15) is 0 Å². The molecule has 1 aromatic heterocycles. The van der Waals surface area contributed by atoms with Crippen LogP contribution in [-0.2, 0) is 4.74 Å². The number of likely N-dealkylation sites (tertiary alicyclic amines) is 1. The van der Waals surface area contributed by atoms with Gasteiger partial charge < -0.3 is 14.6 Å². The van der Waals surface area contributed by atoms with E-state index < -0.39 is 0 Å². The molecule has 0 bridgehead atoms. The monoisotopic (exact) mass is 272 g/mol. The molecular formula is C16H20N2O2. The maximum absolute atomic E-state index is 12.7. The van der Waals surface area contributed by atoms with Crippen molar-refractivity contribution in [1.82, 2.24) is 9.88 Å². The lowest BCUT2D eigenvalue weighted by atomic mass is 9.94. The van der Waals surface area contributed by atoms with Crippen molar-refractivity contribution >= 4 is 16.8 Å². The van der Waals surface area contributed by atoms with Gasteiger partial charge in [0.1, 0.15) is 0 Å². The lowest BCUT2D eigenvalue weighted by Gasteiger charge is -2.39. The van der Waals surface area contributed by atoms with E-state index in [9.17, 15) is 4.79 Å². The third kappa shape index (κ3) is 2.20. The topological polar surface area (TPSA) is 45.3 Å². The Morgan fingerprint density at radius 3 is 3.00 bits per heavy atom. The minimum Gasteiger partial charge on any atom is -0.377 e. The van der Waals surface area contributed by atoms with Crippen molar-refractivity contribution in [1.29, 1.82) is 0 Å². The zero-order valence-corrected chi connectivity index (χ0v) is 12.0. The van der Waals surface area contributed by atoms with Crippen LogP contribution in [0, 0.1) is 0 Å². The molecule has 0 radical (unpaired) electrons. The molecule has 4 nitrogen and oxygen atoms in total. The zero-order valence-electron chi connectivity index (χ0n) is 12.0. The Labute approximate surface area is 118 Å². The molecule has 1 N–H and O–H groups in total. The number of fused-ring (bicyclic) bond motifs is 1. The summed E-state index contributed by atoms with van der Waals surface area (Å²) in [5.41, 5.74) is 1.53. The van der Waals surface area contributed by atoms with Gasteiger partial charge in [0.2, 0.25) is 0 Å². The second kappa shape index (κ2) is 4.94. The molecule has 0 aliphatic carbocycles. The molecular weight excluding hydrogens is 252 g/mol. The van der Waals surface area contributed by atoms with E-state index in [0.29, 0.717) is 6.54 Å². The van der Waals surface area contributed by atoms with E-state index in [2.05, 4.69) is 11.9 Å². The SMILES string of the molecule is COC1(C)CCCN(C(=O)c2c[nH]c3ccccc23)C1. The quantitative estimate of drug-likeness (QED) is 0.913. The number of H-pyrrole nitrogens is 1. The number of aromatic amines is 1. The average Bonchev–Trinajstić information content (AvgIpc) is 2.90. The standard InChI is InChI=1S/C16H20N2O2/c1-16(20-2)8-5-9-18(11-16)15(19)13-10-17-14-7-4-3-6-12(13)14/h3-4,6-7,10,17H,5,8-9,11H2,1-2H3. The van der Waals surface area contributed by atoms with Gasteiger partial charge in [0.25, 0.3) is 5.91 Å². The predicted molar refractivity (Wildman–Crippen MR) is 78.9 cm³/mol. The smallest absolute Gasteiger partial charge is 0.256 e. The second-order valence-corrected chi connectivity index (χ2v) is 5.73. The highest BCUT2D eigenvalue weighted by molar-refractivity contribution is 6.06. The number of ether oxygens (including phenoxy) is 1. The summed E-state index contributed by atoms with van der Waals surface area (Å²) in [4.78, 5) is 17.8. The fourth-order valence-corrected chi connectivity index (χ4v) is 2.96. The molecule has 2 aromatic rings. The molecule has 0 saturated carbocycles. The Kier molecular flexibility index (Phi) is 3.26. The largest absolute Gasteiger partial charge is 0.377 e. The van der Waals surface area contributed by atoms with Crippen molar-refractivity contribution in [3.8, 4) is 0 Å². The summed E-state index contributed by atoms with van der Waals surface area (Å²) in [5.74, 6) is 0.0884. The van der Waals surface area contributed by atoms with Gasteiger partial charge in [0, 0.05) is 37.3 Å². The molecule has 1 saturated heterocycles. The van der Waals surface area contributed by atoms with E-state index in [1.54, 1.807) is 7.11 Å². The van der Waals surface area contributed by atoms with Gasteiger partial charge in [0.15, 0.2) is 0 Å². The van der Waals surface area contributed by atoms with Crippen LogP contribution in [-0.4, -0.2) is 41.6 Å². The Bertz CT molecular complexity index is 634. The normalized spacial score (nSPS) is 23.2. The van der Waals surface area contributed by atoms with Crippen molar-refractivity contribution < 1.29 is 9.53 Å². The highest BCUT2D eigenvalue weighted by Gasteiger charge is 2.33. The van der Waals surface area contributed by atoms with Gasteiger partial charge in [-0.1, -0.05) is 18.2 Å². The molecule has 1 aromatic carbocycles.